The summed E-state index contributed by atoms with van der Waals surface area (Å²) in [5.74, 6) is 0.926. The molecule has 0 aliphatic carbocycles. The van der Waals surface area contributed by atoms with Gasteiger partial charge in [-0.3, -0.25) is 4.79 Å². The molecule has 25 heavy (non-hydrogen) atoms. The van der Waals surface area contributed by atoms with Crippen LogP contribution in [0.1, 0.15) is 10.4 Å². The molecule has 0 spiro atoms. The van der Waals surface area contributed by atoms with Gasteiger partial charge >= 0.3 is 0 Å². The summed E-state index contributed by atoms with van der Waals surface area (Å²) < 4.78 is 21.4. The zero-order valence-electron chi connectivity index (χ0n) is 13.9. The summed E-state index contributed by atoms with van der Waals surface area (Å²) in [6, 6.07) is 11.2. The monoisotopic (exact) mass is 376 g/mol. The molecule has 0 saturated carbocycles. The lowest BCUT2D eigenvalue weighted by molar-refractivity contribution is 0.0998. The number of halogens is 1. The fourth-order valence-corrected chi connectivity index (χ4v) is 3.86. The number of benzene rings is 2. The molecule has 0 bridgehead atoms. The molecule has 1 aromatic heterocycles. The summed E-state index contributed by atoms with van der Waals surface area (Å²) in [5, 5.41) is 0. The Hall–Kier alpha value is -2.12. The number of methoxy groups -OCH3 is 1. The van der Waals surface area contributed by atoms with Gasteiger partial charge in [0.15, 0.2) is 4.80 Å². The van der Waals surface area contributed by atoms with E-state index in [1.54, 1.807) is 18.9 Å². The molecule has 7 heteroatoms. The maximum atomic E-state index is 13.0. The van der Waals surface area contributed by atoms with E-state index in [-0.39, 0.29) is 11.7 Å². The SMILES string of the molecule is COc1ccc2c(c1)sc(=NC(=O)c1ccc(F)cc1)n2CCSC. The highest BCUT2D eigenvalue weighted by Gasteiger charge is 2.10. The first-order valence-electron chi connectivity index (χ1n) is 7.63. The molecule has 3 rings (SSSR count). The van der Waals surface area contributed by atoms with Crippen molar-refractivity contribution in [2.24, 2.45) is 4.99 Å². The second-order valence-corrected chi connectivity index (χ2v) is 7.28. The van der Waals surface area contributed by atoms with Gasteiger partial charge in [-0.2, -0.15) is 16.8 Å². The number of amides is 1. The van der Waals surface area contributed by atoms with Crippen LogP contribution in [0.25, 0.3) is 10.2 Å². The van der Waals surface area contributed by atoms with E-state index in [0.29, 0.717) is 10.4 Å². The molecule has 0 unspecified atom stereocenters. The molecule has 0 fully saturated rings. The fraction of sp³-hybridized carbons (Fsp3) is 0.222. The highest BCUT2D eigenvalue weighted by molar-refractivity contribution is 7.98. The second kappa shape index (κ2) is 7.84. The van der Waals surface area contributed by atoms with Crippen molar-refractivity contribution in [3.8, 4) is 5.75 Å². The van der Waals surface area contributed by atoms with Crippen LogP contribution >= 0.6 is 23.1 Å². The number of thiazole rings is 1. The van der Waals surface area contributed by atoms with Gasteiger partial charge in [0.05, 0.1) is 17.3 Å². The smallest absolute Gasteiger partial charge is 0.279 e. The molecule has 3 aromatic rings. The Morgan fingerprint density at radius 2 is 2.04 bits per heavy atom. The van der Waals surface area contributed by atoms with Crippen molar-refractivity contribution in [1.29, 1.82) is 0 Å². The van der Waals surface area contributed by atoms with Crippen LogP contribution < -0.4 is 9.54 Å². The lowest BCUT2D eigenvalue weighted by Crippen LogP contribution is -2.18. The van der Waals surface area contributed by atoms with Crippen LogP contribution in [0.3, 0.4) is 0 Å². The molecular formula is C18H17FN2O2S2. The van der Waals surface area contributed by atoms with Gasteiger partial charge in [0, 0.05) is 17.9 Å². The van der Waals surface area contributed by atoms with Crippen molar-refractivity contribution < 1.29 is 13.9 Å². The molecule has 0 aliphatic heterocycles. The van der Waals surface area contributed by atoms with Crippen molar-refractivity contribution in [2.45, 2.75) is 6.54 Å². The third-order valence-electron chi connectivity index (χ3n) is 3.70. The number of hydrogen-bond acceptors (Lipinski definition) is 4. The summed E-state index contributed by atoms with van der Waals surface area (Å²) in [7, 11) is 1.62. The Morgan fingerprint density at radius 3 is 2.72 bits per heavy atom. The zero-order chi connectivity index (χ0) is 17.8. The normalized spacial score (nSPS) is 11.9. The zero-order valence-corrected chi connectivity index (χ0v) is 15.5. The number of carbonyl (C=O) groups is 1. The Labute approximate surface area is 153 Å². The van der Waals surface area contributed by atoms with Crippen LogP contribution in [0.5, 0.6) is 5.75 Å². The number of aryl methyl sites for hydroxylation is 1. The summed E-state index contributed by atoms with van der Waals surface area (Å²) in [5.41, 5.74) is 1.39. The van der Waals surface area contributed by atoms with E-state index in [1.807, 2.05) is 29.0 Å². The second-order valence-electron chi connectivity index (χ2n) is 5.29. The first-order valence-corrected chi connectivity index (χ1v) is 9.84. The minimum atomic E-state index is -0.378. The first kappa shape index (κ1) is 17.7. The highest BCUT2D eigenvalue weighted by atomic mass is 32.2. The number of thioether (sulfide) groups is 1. The summed E-state index contributed by atoms with van der Waals surface area (Å²) in [6.07, 6.45) is 2.04. The van der Waals surface area contributed by atoms with Crippen LogP contribution in [-0.4, -0.2) is 29.6 Å². The fourth-order valence-electron chi connectivity index (χ4n) is 2.41. The van der Waals surface area contributed by atoms with Crippen molar-refractivity contribution in [1.82, 2.24) is 4.57 Å². The average Bonchev–Trinajstić information content (AvgIpc) is 2.96. The number of fused-ring (bicyclic) bond motifs is 1. The van der Waals surface area contributed by atoms with Gasteiger partial charge in [0.2, 0.25) is 0 Å². The van der Waals surface area contributed by atoms with Crippen LogP contribution in [0.2, 0.25) is 0 Å². The van der Waals surface area contributed by atoms with E-state index in [9.17, 15) is 9.18 Å². The summed E-state index contributed by atoms with van der Waals surface area (Å²) in [6.45, 7) is 0.753. The van der Waals surface area contributed by atoms with E-state index in [0.717, 1.165) is 28.3 Å². The van der Waals surface area contributed by atoms with Gasteiger partial charge < -0.3 is 9.30 Å². The highest BCUT2D eigenvalue weighted by Crippen LogP contribution is 2.23. The van der Waals surface area contributed by atoms with Gasteiger partial charge in [0.1, 0.15) is 11.6 Å². The number of nitrogens with zero attached hydrogens (tertiary/aromatic N) is 2. The third-order valence-corrected chi connectivity index (χ3v) is 5.33. The molecule has 1 heterocycles. The van der Waals surface area contributed by atoms with Crippen LogP contribution in [0, 0.1) is 5.82 Å². The number of rotatable bonds is 5. The van der Waals surface area contributed by atoms with Gasteiger partial charge in [-0.15, -0.1) is 0 Å². The number of carbonyl (C=O) groups excluding carboxylic acids is 1. The van der Waals surface area contributed by atoms with Gasteiger partial charge in [0.25, 0.3) is 5.91 Å². The van der Waals surface area contributed by atoms with Crippen molar-refractivity contribution >= 4 is 39.2 Å². The Morgan fingerprint density at radius 1 is 1.28 bits per heavy atom. The van der Waals surface area contributed by atoms with E-state index >= 15 is 0 Å². The minimum Gasteiger partial charge on any atom is -0.497 e. The largest absolute Gasteiger partial charge is 0.497 e. The predicted octanol–water partition coefficient (Wildman–Crippen LogP) is 3.95. The lowest BCUT2D eigenvalue weighted by atomic mass is 10.2. The van der Waals surface area contributed by atoms with Crippen molar-refractivity contribution in [2.75, 3.05) is 19.1 Å². The minimum absolute atomic E-state index is 0.368. The van der Waals surface area contributed by atoms with E-state index < -0.39 is 0 Å². The molecular weight excluding hydrogens is 359 g/mol. The summed E-state index contributed by atoms with van der Waals surface area (Å²) >= 11 is 3.17. The Bertz CT molecular complexity index is 961. The quantitative estimate of drug-likeness (QED) is 0.677. The molecule has 0 radical (unpaired) electrons. The first-order chi connectivity index (χ1) is 12.1. The van der Waals surface area contributed by atoms with Crippen LogP contribution in [0.4, 0.5) is 4.39 Å². The maximum Gasteiger partial charge on any atom is 0.279 e. The van der Waals surface area contributed by atoms with Crippen LogP contribution in [0.15, 0.2) is 47.5 Å². The van der Waals surface area contributed by atoms with Crippen molar-refractivity contribution in [3.63, 3.8) is 0 Å². The molecule has 1 amide bonds. The third kappa shape index (κ3) is 3.93. The standard InChI is InChI=1S/C18H17FN2O2S2/c1-23-14-7-8-15-16(11-14)25-18(21(15)9-10-24-2)20-17(22)12-3-5-13(19)6-4-12/h3-8,11H,9-10H2,1-2H3. The molecule has 130 valence electrons. The number of ether oxygens (including phenoxy) is 1. The topological polar surface area (TPSA) is 43.6 Å². The van der Waals surface area contributed by atoms with Gasteiger partial charge in [-0.1, -0.05) is 11.3 Å². The van der Waals surface area contributed by atoms with Gasteiger partial charge in [-0.05, 0) is 48.7 Å². The molecule has 0 atom stereocenters. The van der Waals surface area contributed by atoms with E-state index in [4.69, 9.17) is 4.74 Å². The number of aromatic nitrogens is 1. The molecule has 0 aliphatic rings. The van der Waals surface area contributed by atoms with Crippen LogP contribution in [-0.2, 0) is 6.54 Å². The van der Waals surface area contributed by atoms with Gasteiger partial charge in [-0.25, -0.2) is 4.39 Å². The average molecular weight is 376 g/mol. The lowest BCUT2D eigenvalue weighted by Gasteiger charge is -2.04. The predicted molar refractivity (Wildman–Crippen MR) is 101 cm³/mol. The Balaban J connectivity index is 2.09. The maximum absolute atomic E-state index is 13.0. The van der Waals surface area contributed by atoms with E-state index in [2.05, 4.69) is 4.99 Å². The summed E-state index contributed by atoms with van der Waals surface area (Å²) in [4.78, 5) is 17.3. The van der Waals surface area contributed by atoms with Crippen molar-refractivity contribution in [3.05, 3.63) is 58.6 Å². The molecule has 4 nitrogen and oxygen atoms in total. The Kier molecular flexibility index (Phi) is 5.55. The molecule has 0 N–H and O–H groups in total. The molecule has 0 saturated heterocycles. The molecule has 2 aromatic carbocycles. The number of hydrogen-bond donors (Lipinski definition) is 0. The van der Waals surface area contributed by atoms with E-state index in [1.165, 1.54) is 35.6 Å².